The van der Waals surface area contributed by atoms with Crippen LogP contribution in [-0.2, 0) is 11.4 Å². The van der Waals surface area contributed by atoms with E-state index < -0.39 is 8.32 Å². The minimum Gasteiger partial charge on any atom is -0.544 e. The van der Waals surface area contributed by atoms with Gasteiger partial charge in [-0.15, -0.1) is 0 Å². The molecule has 0 fully saturated rings. The van der Waals surface area contributed by atoms with Gasteiger partial charge in [-0.25, -0.2) is 0 Å². The van der Waals surface area contributed by atoms with E-state index in [9.17, 15) is 0 Å². The molecule has 0 aliphatic rings. The Morgan fingerprint density at radius 1 is 0.844 bits per heavy atom. The summed E-state index contributed by atoms with van der Waals surface area (Å²) in [7, 11) is -1.85. The fraction of sp³-hybridized carbons (Fsp3) is 0.250. The van der Waals surface area contributed by atoms with Crippen LogP contribution in [0.1, 0.15) is 37.5 Å². The second-order valence-corrected chi connectivity index (χ2v) is 13.9. The maximum atomic E-state index is 6.35. The van der Waals surface area contributed by atoms with Crippen molar-refractivity contribution in [1.82, 2.24) is 0 Å². The summed E-state index contributed by atoms with van der Waals surface area (Å²) >= 11 is 0. The summed E-state index contributed by atoms with van der Waals surface area (Å²) in [6.45, 7) is 11.6. The molecule has 0 bridgehead atoms. The lowest BCUT2D eigenvalue weighted by atomic mass is 10.1. The van der Waals surface area contributed by atoms with Crippen molar-refractivity contribution in [2.75, 3.05) is 0 Å². The molecular formula is C28H31NO2Si. The van der Waals surface area contributed by atoms with Gasteiger partial charge in [0.05, 0.1) is 0 Å². The molecule has 0 unspecified atom stereocenters. The summed E-state index contributed by atoms with van der Waals surface area (Å²) in [5, 5.41) is 4.50. The third-order valence-electron chi connectivity index (χ3n) is 5.64. The first-order valence-electron chi connectivity index (χ1n) is 10.8. The van der Waals surface area contributed by atoms with Gasteiger partial charge in [0.2, 0.25) is 8.32 Å². The van der Waals surface area contributed by atoms with Crippen LogP contribution in [0, 0.1) is 11.8 Å². The van der Waals surface area contributed by atoms with Crippen molar-refractivity contribution >= 4 is 14.0 Å². The van der Waals surface area contributed by atoms with Crippen LogP contribution in [-0.4, -0.2) is 14.0 Å². The first kappa shape index (κ1) is 23.4. The molecule has 0 saturated heterocycles. The van der Waals surface area contributed by atoms with Crippen LogP contribution in [0.5, 0.6) is 5.75 Å². The van der Waals surface area contributed by atoms with Crippen molar-refractivity contribution in [3.8, 4) is 17.6 Å². The minimum absolute atomic E-state index is 0.165. The van der Waals surface area contributed by atoms with Crippen LogP contribution >= 0.6 is 0 Å². The molecule has 0 aliphatic heterocycles. The van der Waals surface area contributed by atoms with Gasteiger partial charge < -0.3 is 9.26 Å². The van der Waals surface area contributed by atoms with Gasteiger partial charge in [0.15, 0.2) is 5.71 Å². The van der Waals surface area contributed by atoms with Gasteiger partial charge in [-0.05, 0) is 53.9 Å². The highest BCUT2D eigenvalue weighted by Gasteiger charge is 2.38. The zero-order valence-electron chi connectivity index (χ0n) is 19.6. The molecule has 0 atom stereocenters. The minimum atomic E-state index is -1.85. The van der Waals surface area contributed by atoms with E-state index in [1.54, 1.807) is 0 Å². The topological polar surface area (TPSA) is 30.8 Å². The lowest BCUT2D eigenvalue weighted by Crippen LogP contribution is -2.43. The number of benzene rings is 3. The summed E-state index contributed by atoms with van der Waals surface area (Å²) in [6, 6.07) is 27.8. The van der Waals surface area contributed by atoms with Crippen LogP contribution in [0.2, 0.25) is 18.1 Å². The van der Waals surface area contributed by atoms with Crippen molar-refractivity contribution in [2.45, 2.75) is 45.5 Å². The number of oxime groups is 1. The predicted molar refractivity (Wildman–Crippen MR) is 135 cm³/mol. The third kappa shape index (κ3) is 6.60. The Morgan fingerprint density at radius 2 is 1.44 bits per heavy atom. The third-order valence-corrected chi connectivity index (χ3v) is 9.99. The van der Waals surface area contributed by atoms with Crippen LogP contribution in [0.4, 0.5) is 0 Å². The average molecular weight is 442 g/mol. The summed E-state index contributed by atoms with van der Waals surface area (Å²) in [5.41, 5.74) is 3.49. The van der Waals surface area contributed by atoms with Gasteiger partial charge >= 0.3 is 0 Å². The number of hydrogen-bond acceptors (Lipinski definition) is 3. The standard InChI is InChI=1S/C28H31NO2Si/c1-28(2,3)32(4,5)31-26-19-16-24(17-20-26)22-30-29-27(25-14-10-7-11-15-25)21-18-23-12-8-6-9-13-23/h6-17,19-20H,22H2,1-5H3/b29-27-. The van der Waals surface area contributed by atoms with Gasteiger partial charge in [-0.3, -0.25) is 0 Å². The fourth-order valence-electron chi connectivity index (χ4n) is 2.67. The van der Waals surface area contributed by atoms with Crippen molar-refractivity contribution in [1.29, 1.82) is 0 Å². The monoisotopic (exact) mass is 441 g/mol. The normalized spacial score (nSPS) is 12.0. The molecular weight excluding hydrogens is 410 g/mol. The van der Waals surface area contributed by atoms with Gasteiger partial charge in [0.25, 0.3) is 0 Å². The number of nitrogens with zero attached hydrogens (tertiary/aromatic N) is 1. The summed E-state index contributed by atoms with van der Waals surface area (Å²) in [4.78, 5) is 5.67. The Kier molecular flexibility index (Phi) is 7.56. The van der Waals surface area contributed by atoms with E-state index in [0.717, 1.165) is 22.4 Å². The second kappa shape index (κ2) is 10.3. The highest BCUT2D eigenvalue weighted by Crippen LogP contribution is 2.37. The lowest BCUT2D eigenvalue weighted by Gasteiger charge is -2.36. The largest absolute Gasteiger partial charge is 0.544 e. The Bertz CT molecular complexity index is 1090. The molecule has 0 amide bonds. The quantitative estimate of drug-likeness (QED) is 0.178. The molecule has 0 radical (unpaired) electrons. The highest BCUT2D eigenvalue weighted by molar-refractivity contribution is 6.74. The van der Waals surface area contributed by atoms with Crippen molar-refractivity contribution in [3.05, 3.63) is 102 Å². The fourth-order valence-corrected chi connectivity index (χ4v) is 3.70. The van der Waals surface area contributed by atoms with Crippen LogP contribution < -0.4 is 4.43 Å². The summed E-state index contributed by atoms with van der Waals surface area (Å²) in [6.07, 6.45) is 0. The Hall–Kier alpha value is -3.29. The molecule has 32 heavy (non-hydrogen) atoms. The molecule has 4 heteroatoms. The van der Waals surface area contributed by atoms with Crippen molar-refractivity contribution in [3.63, 3.8) is 0 Å². The summed E-state index contributed by atoms with van der Waals surface area (Å²) < 4.78 is 6.35. The molecule has 0 saturated carbocycles. The van der Waals surface area contributed by atoms with Crippen LogP contribution in [0.15, 0.2) is 90.1 Å². The molecule has 164 valence electrons. The Morgan fingerprint density at radius 3 is 2.03 bits per heavy atom. The number of hydrogen-bond donors (Lipinski definition) is 0. The first-order chi connectivity index (χ1) is 15.2. The van der Waals surface area contributed by atoms with E-state index in [1.165, 1.54) is 0 Å². The van der Waals surface area contributed by atoms with E-state index >= 15 is 0 Å². The van der Waals surface area contributed by atoms with Gasteiger partial charge in [0, 0.05) is 11.1 Å². The molecule has 3 aromatic rings. The zero-order valence-corrected chi connectivity index (χ0v) is 20.6. The Balaban J connectivity index is 1.69. The van der Waals surface area contributed by atoms with E-state index in [1.807, 2.05) is 84.9 Å². The lowest BCUT2D eigenvalue weighted by molar-refractivity contribution is 0.131. The zero-order chi connectivity index (χ0) is 23.0. The predicted octanol–water partition coefficient (Wildman–Crippen LogP) is 7.04. The van der Waals surface area contributed by atoms with Gasteiger partial charge in [-0.2, -0.15) is 0 Å². The molecule has 3 aromatic carbocycles. The molecule has 3 rings (SSSR count). The summed E-state index contributed by atoms with van der Waals surface area (Å²) in [5.74, 6) is 7.21. The SMILES string of the molecule is CC(C)(C)[Si](C)(C)Oc1ccc(CO/N=C(/C#Cc2ccccc2)c2ccccc2)cc1. The molecule has 3 nitrogen and oxygen atoms in total. The molecule has 0 aromatic heterocycles. The maximum absolute atomic E-state index is 6.35. The van der Waals surface area contributed by atoms with Crippen molar-refractivity contribution < 1.29 is 9.26 Å². The van der Waals surface area contributed by atoms with Crippen molar-refractivity contribution in [2.24, 2.45) is 5.16 Å². The van der Waals surface area contributed by atoms with E-state index in [2.05, 4.69) is 50.9 Å². The molecule has 0 N–H and O–H groups in total. The van der Waals surface area contributed by atoms with E-state index in [0.29, 0.717) is 12.3 Å². The van der Waals surface area contributed by atoms with Crippen LogP contribution in [0.25, 0.3) is 0 Å². The highest BCUT2D eigenvalue weighted by atomic mass is 28.4. The van der Waals surface area contributed by atoms with Gasteiger partial charge in [0.1, 0.15) is 12.4 Å². The maximum Gasteiger partial charge on any atom is 0.250 e. The average Bonchev–Trinajstić information content (AvgIpc) is 2.77. The Labute approximate surface area is 193 Å². The van der Waals surface area contributed by atoms with Gasteiger partial charge in [-0.1, -0.05) is 92.5 Å². The number of rotatable bonds is 6. The van der Waals surface area contributed by atoms with E-state index in [4.69, 9.17) is 9.26 Å². The molecule has 0 spiro atoms. The van der Waals surface area contributed by atoms with E-state index in [-0.39, 0.29) is 5.04 Å². The molecule has 0 aliphatic carbocycles. The molecule has 0 heterocycles. The smallest absolute Gasteiger partial charge is 0.250 e. The first-order valence-corrected chi connectivity index (χ1v) is 13.8. The second-order valence-electron chi connectivity index (χ2n) is 9.20. The van der Waals surface area contributed by atoms with Crippen LogP contribution in [0.3, 0.4) is 0 Å².